The van der Waals surface area contributed by atoms with Crippen LogP contribution in [0.15, 0.2) is 12.4 Å². The van der Waals surface area contributed by atoms with Crippen LogP contribution in [0, 0.1) is 0 Å². The number of carboxylic acids is 1. The predicted octanol–water partition coefficient (Wildman–Crippen LogP) is 0.450. The van der Waals surface area contributed by atoms with E-state index in [0.717, 1.165) is 19.7 Å². The van der Waals surface area contributed by atoms with Gasteiger partial charge in [0.25, 0.3) is 0 Å². The van der Waals surface area contributed by atoms with Crippen LogP contribution in [-0.4, -0.2) is 64.3 Å². The van der Waals surface area contributed by atoms with Gasteiger partial charge in [-0.2, -0.15) is 0 Å². The minimum absolute atomic E-state index is 0.0515. The number of hydrogen-bond donors (Lipinski definition) is 2. The van der Waals surface area contributed by atoms with E-state index in [1.165, 1.54) is 25.2 Å². The zero-order valence-corrected chi connectivity index (χ0v) is 11.2. The fourth-order valence-electron chi connectivity index (χ4n) is 2.76. The zero-order valence-electron chi connectivity index (χ0n) is 11.2. The molecule has 3 rings (SSSR count). The van der Waals surface area contributed by atoms with E-state index in [9.17, 15) is 4.79 Å². The molecule has 2 unspecified atom stereocenters. The molecule has 108 valence electrons. The van der Waals surface area contributed by atoms with Crippen LogP contribution in [-0.2, 0) is 4.74 Å². The van der Waals surface area contributed by atoms with E-state index in [1.54, 1.807) is 0 Å². The summed E-state index contributed by atoms with van der Waals surface area (Å²) in [6.45, 7) is 3.57. The molecule has 1 aromatic rings. The van der Waals surface area contributed by atoms with E-state index in [2.05, 4.69) is 20.2 Å². The Labute approximate surface area is 117 Å². The Hall–Kier alpha value is -1.73. The Morgan fingerprint density at radius 3 is 3.15 bits per heavy atom. The van der Waals surface area contributed by atoms with Crippen molar-refractivity contribution in [2.24, 2.45) is 0 Å². The molecule has 1 aromatic heterocycles. The number of carboxylic acid groups (broad SMARTS) is 1. The highest BCUT2D eigenvalue weighted by molar-refractivity contribution is 5.84. The molecule has 0 radical (unpaired) electrons. The first-order chi connectivity index (χ1) is 9.72. The van der Waals surface area contributed by atoms with Gasteiger partial charge in [0.15, 0.2) is 5.69 Å². The number of nitrogens with one attached hydrogen (secondary N) is 1. The quantitative estimate of drug-likeness (QED) is 0.826. The van der Waals surface area contributed by atoms with Crippen LogP contribution in [0.4, 0.5) is 5.82 Å². The molecule has 0 spiro atoms. The topological polar surface area (TPSA) is 87.6 Å². The highest BCUT2D eigenvalue weighted by Crippen LogP contribution is 2.22. The molecule has 2 N–H and O–H groups in total. The number of ether oxygens (including phenoxy) is 1. The summed E-state index contributed by atoms with van der Waals surface area (Å²) in [5.74, 6) is -0.498. The number of aromatic nitrogens is 2. The van der Waals surface area contributed by atoms with E-state index in [4.69, 9.17) is 9.84 Å². The number of aromatic carboxylic acids is 1. The second-order valence-electron chi connectivity index (χ2n) is 5.22. The Morgan fingerprint density at radius 2 is 2.40 bits per heavy atom. The van der Waals surface area contributed by atoms with Crippen LogP contribution in [0.1, 0.15) is 23.3 Å². The molecule has 0 aliphatic carbocycles. The molecule has 0 amide bonds. The van der Waals surface area contributed by atoms with Crippen molar-refractivity contribution in [1.82, 2.24) is 14.9 Å². The molecule has 0 aromatic carbocycles. The summed E-state index contributed by atoms with van der Waals surface area (Å²) in [4.78, 5) is 21.0. The molecular weight excluding hydrogens is 260 g/mol. The number of fused-ring (bicyclic) bond motifs is 1. The summed E-state index contributed by atoms with van der Waals surface area (Å²) in [7, 11) is 0. The Balaban J connectivity index is 1.50. The van der Waals surface area contributed by atoms with E-state index in [1.807, 2.05) is 0 Å². The van der Waals surface area contributed by atoms with Crippen molar-refractivity contribution in [1.29, 1.82) is 0 Å². The summed E-state index contributed by atoms with van der Waals surface area (Å²) in [5, 5.41) is 11.9. The molecule has 2 saturated heterocycles. The lowest BCUT2D eigenvalue weighted by atomic mass is 10.2. The van der Waals surface area contributed by atoms with E-state index in [-0.39, 0.29) is 11.8 Å². The van der Waals surface area contributed by atoms with Gasteiger partial charge in [-0.05, 0) is 19.4 Å². The maximum Gasteiger partial charge on any atom is 0.356 e. The van der Waals surface area contributed by atoms with Crippen LogP contribution in [0.5, 0.6) is 0 Å². The van der Waals surface area contributed by atoms with Gasteiger partial charge in [0, 0.05) is 19.1 Å². The molecule has 3 heterocycles. The van der Waals surface area contributed by atoms with Gasteiger partial charge in [-0.3, -0.25) is 4.90 Å². The lowest BCUT2D eigenvalue weighted by molar-refractivity contribution is -0.0416. The summed E-state index contributed by atoms with van der Waals surface area (Å²) in [6.07, 6.45) is 5.33. The van der Waals surface area contributed by atoms with Crippen molar-refractivity contribution >= 4 is 11.8 Å². The largest absolute Gasteiger partial charge is 0.476 e. The third-order valence-electron chi connectivity index (χ3n) is 3.84. The molecule has 2 aliphatic heterocycles. The maximum atomic E-state index is 10.7. The van der Waals surface area contributed by atoms with Gasteiger partial charge < -0.3 is 15.2 Å². The first-order valence-electron chi connectivity index (χ1n) is 6.87. The average molecular weight is 278 g/mol. The Morgan fingerprint density at radius 1 is 1.50 bits per heavy atom. The molecule has 0 bridgehead atoms. The third kappa shape index (κ3) is 2.88. The normalized spacial score (nSPS) is 26.2. The molecule has 2 atom stereocenters. The zero-order chi connectivity index (χ0) is 13.9. The molecule has 20 heavy (non-hydrogen) atoms. The third-order valence-corrected chi connectivity index (χ3v) is 3.84. The van der Waals surface area contributed by atoms with Crippen molar-refractivity contribution < 1.29 is 14.6 Å². The SMILES string of the molecule is O=C(O)c1cnc(NCC2CN3CCCC3CO2)cn1. The summed E-state index contributed by atoms with van der Waals surface area (Å²) >= 11 is 0. The second-order valence-corrected chi connectivity index (χ2v) is 5.22. The predicted molar refractivity (Wildman–Crippen MR) is 71.8 cm³/mol. The van der Waals surface area contributed by atoms with E-state index >= 15 is 0 Å². The number of rotatable bonds is 4. The summed E-state index contributed by atoms with van der Waals surface area (Å²) in [5.41, 5.74) is -0.0515. The molecule has 2 fully saturated rings. The van der Waals surface area contributed by atoms with E-state index < -0.39 is 5.97 Å². The van der Waals surface area contributed by atoms with Crippen LogP contribution in [0.2, 0.25) is 0 Å². The van der Waals surface area contributed by atoms with Crippen molar-refractivity contribution in [3.8, 4) is 0 Å². The molecule has 7 heteroatoms. The number of morpholine rings is 1. The smallest absolute Gasteiger partial charge is 0.356 e. The summed E-state index contributed by atoms with van der Waals surface area (Å²) < 4.78 is 5.83. The minimum Gasteiger partial charge on any atom is -0.476 e. The molecule has 2 aliphatic rings. The molecule has 7 nitrogen and oxygen atoms in total. The Kier molecular flexibility index (Phi) is 3.79. The van der Waals surface area contributed by atoms with Gasteiger partial charge in [-0.1, -0.05) is 0 Å². The summed E-state index contributed by atoms with van der Waals surface area (Å²) in [6, 6.07) is 0.598. The minimum atomic E-state index is -1.07. The number of nitrogens with zero attached hydrogens (tertiary/aromatic N) is 3. The lowest BCUT2D eigenvalue weighted by Crippen LogP contribution is -2.48. The second kappa shape index (κ2) is 5.72. The van der Waals surface area contributed by atoms with Gasteiger partial charge in [0.2, 0.25) is 0 Å². The average Bonchev–Trinajstić information content (AvgIpc) is 2.93. The van der Waals surface area contributed by atoms with Crippen LogP contribution in [0.25, 0.3) is 0 Å². The first-order valence-corrected chi connectivity index (χ1v) is 6.87. The number of hydrogen-bond acceptors (Lipinski definition) is 6. The van der Waals surface area contributed by atoms with Crippen molar-refractivity contribution in [3.05, 3.63) is 18.1 Å². The van der Waals surface area contributed by atoms with Crippen molar-refractivity contribution in [2.45, 2.75) is 25.0 Å². The van der Waals surface area contributed by atoms with Gasteiger partial charge in [0.05, 0.1) is 25.1 Å². The first kappa shape index (κ1) is 13.3. The van der Waals surface area contributed by atoms with Crippen LogP contribution < -0.4 is 5.32 Å². The monoisotopic (exact) mass is 278 g/mol. The Bertz CT molecular complexity index is 479. The molecular formula is C13H18N4O3. The van der Waals surface area contributed by atoms with Crippen LogP contribution in [0.3, 0.4) is 0 Å². The van der Waals surface area contributed by atoms with Gasteiger partial charge >= 0.3 is 5.97 Å². The van der Waals surface area contributed by atoms with Crippen LogP contribution >= 0.6 is 0 Å². The number of anilines is 1. The van der Waals surface area contributed by atoms with Crippen molar-refractivity contribution in [2.75, 3.05) is 31.6 Å². The van der Waals surface area contributed by atoms with E-state index in [0.29, 0.717) is 18.4 Å². The molecule has 0 saturated carbocycles. The highest BCUT2D eigenvalue weighted by atomic mass is 16.5. The number of carbonyl (C=O) groups is 1. The van der Waals surface area contributed by atoms with Gasteiger partial charge in [-0.15, -0.1) is 0 Å². The fourth-order valence-corrected chi connectivity index (χ4v) is 2.76. The van der Waals surface area contributed by atoms with Crippen molar-refractivity contribution in [3.63, 3.8) is 0 Å². The lowest BCUT2D eigenvalue weighted by Gasteiger charge is -2.35. The highest BCUT2D eigenvalue weighted by Gasteiger charge is 2.31. The standard InChI is InChI=1S/C13H18N4O3/c18-13(19)11-5-16-12(6-14-11)15-4-10-7-17-3-1-2-9(17)8-20-10/h5-6,9-10H,1-4,7-8H2,(H,15,16)(H,18,19). The maximum absolute atomic E-state index is 10.7. The van der Waals surface area contributed by atoms with Gasteiger partial charge in [0.1, 0.15) is 5.82 Å². The van der Waals surface area contributed by atoms with Gasteiger partial charge in [-0.25, -0.2) is 14.8 Å². The fraction of sp³-hybridized carbons (Fsp3) is 0.615.